The fourth-order valence-electron chi connectivity index (χ4n) is 2.12. The maximum atomic E-state index is 12.6. The number of sulfonamides is 1. The number of carbonyl (C=O) groups is 1. The van der Waals surface area contributed by atoms with Gasteiger partial charge in [0.05, 0.1) is 12.1 Å². The minimum Gasteiger partial charge on any atom is -0.468 e. The predicted molar refractivity (Wildman–Crippen MR) is 97.7 cm³/mol. The lowest BCUT2D eigenvalue weighted by molar-refractivity contribution is -0.142. The molecule has 2 aromatic carbocycles. The summed E-state index contributed by atoms with van der Waals surface area (Å²) in [4.78, 5) is 11.8. The normalized spacial score (nSPS) is 12.6. The van der Waals surface area contributed by atoms with Crippen LogP contribution in [-0.4, -0.2) is 27.5 Å². The molecule has 0 aliphatic heterocycles. The zero-order chi connectivity index (χ0) is 18.6. The number of hydrogen-bond donors (Lipinski definition) is 1. The van der Waals surface area contributed by atoms with E-state index in [1.165, 1.54) is 25.3 Å². The van der Waals surface area contributed by atoms with Gasteiger partial charge in [0, 0.05) is 10.0 Å². The molecule has 0 spiro atoms. The molecule has 1 atom stereocenters. The molecule has 25 heavy (non-hydrogen) atoms. The topological polar surface area (TPSA) is 72.5 Å². The summed E-state index contributed by atoms with van der Waals surface area (Å²) >= 11 is 17.6. The monoisotopic (exact) mass is 421 g/mol. The molecule has 0 fully saturated rings. The van der Waals surface area contributed by atoms with Crippen LogP contribution < -0.4 is 4.72 Å². The lowest BCUT2D eigenvalue weighted by Crippen LogP contribution is -2.43. The van der Waals surface area contributed by atoms with Gasteiger partial charge in [0.1, 0.15) is 10.9 Å². The fraction of sp³-hybridized carbons (Fsp3) is 0.188. The number of hydrogen-bond acceptors (Lipinski definition) is 4. The molecular formula is C16H14Cl3NO4S. The van der Waals surface area contributed by atoms with E-state index in [0.717, 1.165) is 0 Å². The predicted octanol–water partition coefficient (Wildman–Crippen LogP) is 3.71. The summed E-state index contributed by atoms with van der Waals surface area (Å²) in [6.07, 6.45) is 0.0915. The van der Waals surface area contributed by atoms with Gasteiger partial charge in [-0.3, -0.25) is 4.79 Å². The molecule has 0 saturated carbocycles. The lowest BCUT2D eigenvalue weighted by Gasteiger charge is -2.17. The van der Waals surface area contributed by atoms with Gasteiger partial charge in [0.25, 0.3) is 0 Å². The standard InChI is InChI=1S/C16H14Cl3NO4S/c1-24-16(21)14(8-10-2-4-11(17)5-3-10)20-25(22,23)15-7-6-12(18)9-13(15)19/h2-7,9,14,20H,8H2,1H3. The van der Waals surface area contributed by atoms with Crippen LogP contribution in [0.2, 0.25) is 15.1 Å². The molecule has 0 radical (unpaired) electrons. The van der Waals surface area contributed by atoms with E-state index >= 15 is 0 Å². The third-order valence-corrected chi connectivity index (χ3v) is 5.76. The molecule has 5 nitrogen and oxygen atoms in total. The van der Waals surface area contributed by atoms with Gasteiger partial charge in [-0.2, -0.15) is 4.72 Å². The van der Waals surface area contributed by atoms with Crippen LogP contribution in [0.1, 0.15) is 5.56 Å². The second kappa shape index (κ2) is 8.38. The molecular weight excluding hydrogens is 409 g/mol. The highest BCUT2D eigenvalue weighted by molar-refractivity contribution is 7.89. The van der Waals surface area contributed by atoms with Gasteiger partial charge in [-0.15, -0.1) is 0 Å². The first-order valence-electron chi connectivity index (χ1n) is 7.02. The van der Waals surface area contributed by atoms with Crippen molar-refractivity contribution >= 4 is 50.8 Å². The quantitative estimate of drug-likeness (QED) is 0.720. The van der Waals surface area contributed by atoms with E-state index in [4.69, 9.17) is 39.5 Å². The maximum absolute atomic E-state index is 12.6. The Kier molecular flexibility index (Phi) is 6.71. The van der Waals surface area contributed by atoms with Gasteiger partial charge in [0.2, 0.25) is 10.0 Å². The van der Waals surface area contributed by atoms with Crippen LogP contribution >= 0.6 is 34.8 Å². The Morgan fingerprint density at radius 1 is 1.08 bits per heavy atom. The van der Waals surface area contributed by atoms with Crippen molar-refractivity contribution in [1.82, 2.24) is 4.72 Å². The van der Waals surface area contributed by atoms with Gasteiger partial charge in [-0.25, -0.2) is 8.42 Å². The van der Waals surface area contributed by atoms with Gasteiger partial charge < -0.3 is 4.74 Å². The van der Waals surface area contributed by atoms with E-state index in [1.807, 2.05) is 0 Å². The van der Waals surface area contributed by atoms with Gasteiger partial charge in [-0.05, 0) is 42.3 Å². The smallest absolute Gasteiger partial charge is 0.324 e. The molecule has 2 rings (SSSR count). The van der Waals surface area contributed by atoms with E-state index < -0.39 is 22.0 Å². The molecule has 0 aliphatic rings. The van der Waals surface area contributed by atoms with Crippen molar-refractivity contribution < 1.29 is 17.9 Å². The van der Waals surface area contributed by atoms with E-state index in [-0.39, 0.29) is 16.3 Å². The molecule has 1 N–H and O–H groups in total. The van der Waals surface area contributed by atoms with Crippen LogP contribution in [0.15, 0.2) is 47.4 Å². The third-order valence-electron chi connectivity index (χ3n) is 3.32. The van der Waals surface area contributed by atoms with Crippen LogP contribution in [0.3, 0.4) is 0 Å². The highest BCUT2D eigenvalue weighted by atomic mass is 35.5. The average molecular weight is 423 g/mol. The molecule has 0 bridgehead atoms. The van der Waals surface area contributed by atoms with E-state index in [2.05, 4.69) is 4.72 Å². The summed E-state index contributed by atoms with van der Waals surface area (Å²) in [5, 5.41) is 0.789. The minimum atomic E-state index is -4.06. The molecule has 0 saturated heterocycles. The number of nitrogens with one attached hydrogen (secondary N) is 1. The van der Waals surface area contributed by atoms with Crippen molar-refractivity contribution in [3.05, 3.63) is 63.1 Å². The molecule has 1 unspecified atom stereocenters. The Morgan fingerprint density at radius 2 is 1.68 bits per heavy atom. The first-order valence-corrected chi connectivity index (χ1v) is 9.64. The molecule has 0 aromatic heterocycles. The van der Waals surface area contributed by atoms with E-state index in [9.17, 15) is 13.2 Å². The summed E-state index contributed by atoms with van der Waals surface area (Å²) in [7, 11) is -2.88. The van der Waals surface area contributed by atoms with Crippen molar-refractivity contribution in [2.24, 2.45) is 0 Å². The van der Waals surface area contributed by atoms with Crippen molar-refractivity contribution in [1.29, 1.82) is 0 Å². The number of rotatable bonds is 6. The first-order chi connectivity index (χ1) is 11.7. The van der Waals surface area contributed by atoms with Crippen LogP contribution in [-0.2, 0) is 26.0 Å². The number of esters is 1. The van der Waals surface area contributed by atoms with E-state index in [0.29, 0.717) is 15.6 Å². The summed E-state index contributed by atoms with van der Waals surface area (Å²) in [6, 6.07) is 9.54. The third kappa shape index (κ3) is 5.33. The number of halogens is 3. The largest absolute Gasteiger partial charge is 0.468 e. The fourth-order valence-corrected chi connectivity index (χ4v) is 4.20. The molecule has 0 amide bonds. The van der Waals surface area contributed by atoms with Gasteiger partial charge >= 0.3 is 5.97 Å². The summed E-state index contributed by atoms with van der Waals surface area (Å²) in [5.41, 5.74) is 0.713. The molecule has 2 aromatic rings. The van der Waals surface area contributed by atoms with Crippen LogP contribution in [0, 0.1) is 0 Å². The highest BCUT2D eigenvalue weighted by Crippen LogP contribution is 2.25. The van der Waals surface area contributed by atoms with Crippen molar-refractivity contribution in [2.45, 2.75) is 17.4 Å². The zero-order valence-corrected chi connectivity index (χ0v) is 16.1. The van der Waals surface area contributed by atoms with Crippen LogP contribution in [0.25, 0.3) is 0 Å². The van der Waals surface area contributed by atoms with E-state index in [1.54, 1.807) is 24.3 Å². The molecule has 9 heteroatoms. The molecule has 134 valence electrons. The number of benzene rings is 2. The number of carbonyl (C=O) groups excluding carboxylic acids is 1. The van der Waals surface area contributed by atoms with Crippen molar-refractivity contribution in [2.75, 3.05) is 7.11 Å². The summed E-state index contributed by atoms with van der Waals surface area (Å²) in [5.74, 6) is -0.719. The Morgan fingerprint density at radius 3 is 2.24 bits per heavy atom. The highest BCUT2D eigenvalue weighted by Gasteiger charge is 2.28. The van der Waals surface area contributed by atoms with Gasteiger partial charge in [-0.1, -0.05) is 46.9 Å². The SMILES string of the molecule is COC(=O)C(Cc1ccc(Cl)cc1)NS(=O)(=O)c1ccc(Cl)cc1Cl. The van der Waals surface area contributed by atoms with Crippen LogP contribution in [0.4, 0.5) is 0 Å². The van der Waals surface area contributed by atoms with Crippen LogP contribution in [0.5, 0.6) is 0 Å². The second-order valence-electron chi connectivity index (χ2n) is 5.10. The second-order valence-corrected chi connectivity index (χ2v) is 8.06. The maximum Gasteiger partial charge on any atom is 0.324 e. The summed E-state index contributed by atoms with van der Waals surface area (Å²) < 4.78 is 32.2. The van der Waals surface area contributed by atoms with Crippen molar-refractivity contribution in [3.8, 4) is 0 Å². The Balaban J connectivity index is 2.29. The zero-order valence-electron chi connectivity index (χ0n) is 13.0. The number of ether oxygens (including phenoxy) is 1. The average Bonchev–Trinajstić information content (AvgIpc) is 2.55. The Labute approximate surface area is 160 Å². The summed E-state index contributed by atoms with van der Waals surface area (Å²) in [6.45, 7) is 0. The Bertz CT molecular complexity index is 869. The lowest BCUT2D eigenvalue weighted by atomic mass is 10.1. The molecule has 0 heterocycles. The minimum absolute atomic E-state index is 0.0462. The number of methoxy groups -OCH3 is 1. The van der Waals surface area contributed by atoms with Crippen molar-refractivity contribution in [3.63, 3.8) is 0 Å². The van der Waals surface area contributed by atoms with Gasteiger partial charge in [0.15, 0.2) is 0 Å². The first kappa shape index (κ1) is 20.0. The Hall–Kier alpha value is -1.31. The molecule has 0 aliphatic carbocycles.